The maximum absolute atomic E-state index is 12.3. The SMILES string of the molecule is O=C(O)CCCCCCCCCCCCCCCCC(=O)N[C@@H](CCC(=O)NCCOCCOCC(=O)NCCOCCOCC(=O)F)C(=O)O. The molecule has 16 heteroatoms. The van der Waals surface area contributed by atoms with Crippen LogP contribution in [0.2, 0.25) is 0 Å². The van der Waals surface area contributed by atoms with E-state index in [1.54, 1.807) is 0 Å². The molecule has 0 aromatic carbocycles. The summed E-state index contributed by atoms with van der Waals surface area (Å²) in [5.41, 5.74) is 0. The summed E-state index contributed by atoms with van der Waals surface area (Å²) in [7, 11) is 0. The Morgan fingerprint density at radius 2 is 0.922 bits per heavy atom. The molecular weight excluding hydrogens is 673 g/mol. The lowest BCUT2D eigenvalue weighted by Gasteiger charge is -2.14. The third-order valence-electron chi connectivity index (χ3n) is 7.67. The van der Waals surface area contributed by atoms with Crippen molar-refractivity contribution in [3.8, 4) is 0 Å². The average Bonchev–Trinajstić information content (AvgIpc) is 3.08. The first-order valence-electron chi connectivity index (χ1n) is 18.4. The van der Waals surface area contributed by atoms with Crippen molar-refractivity contribution in [2.75, 3.05) is 65.9 Å². The van der Waals surface area contributed by atoms with Crippen LogP contribution in [-0.4, -0.2) is 118 Å². The third-order valence-corrected chi connectivity index (χ3v) is 7.67. The Bertz CT molecular complexity index is 957. The van der Waals surface area contributed by atoms with Gasteiger partial charge in [0.15, 0.2) is 0 Å². The number of carboxylic acid groups (broad SMARTS) is 2. The Balaban J connectivity index is 3.66. The number of amides is 3. The molecule has 0 saturated carbocycles. The van der Waals surface area contributed by atoms with Crippen LogP contribution in [-0.2, 0) is 47.7 Å². The van der Waals surface area contributed by atoms with E-state index >= 15 is 0 Å². The fourth-order valence-corrected chi connectivity index (χ4v) is 4.90. The van der Waals surface area contributed by atoms with Crippen molar-refractivity contribution < 1.29 is 62.3 Å². The zero-order chi connectivity index (χ0) is 37.8. The van der Waals surface area contributed by atoms with Crippen LogP contribution >= 0.6 is 0 Å². The van der Waals surface area contributed by atoms with Gasteiger partial charge in [-0.1, -0.05) is 77.0 Å². The van der Waals surface area contributed by atoms with Gasteiger partial charge in [0, 0.05) is 32.4 Å². The molecule has 0 radical (unpaired) electrons. The van der Waals surface area contributed by atoms with Gasteiger partial charge in [0.2, 0.25) is 17.7 Å². The minimum atomic E-state index is -1.55. The lowest BCUT2D eigenvalue weighted by molar-refractivity contribution is -0.142. The second kappa shape index (κ2) is 35.2. The predicted molar refractivity (Wildman–Crippen MR) is 186 cm³/mol. The number of carboxylic acids is 2. The molecular formula is C35H62FN3O12. The van der Waals surface area contributed by atoms with Crippen LogP contribution < -0.4 is 16.0 Å². The van der Waals surface area contributed by atoms with E-state index in [0.29, 0.717) is 6.42 Å². The van der Waals surface area contributed by atoms with E-state index in [4.69, 9.17) is 19.3 Å². The topological polar surface area (TPSA) is 216 Å². The molecule has 0 heterocycles. The van der Waals surface area contributed by atoms with Crippen LogP contribution in [0.15, 0.2) is 0 Å². The van der Waals surface area contributed by atoms with Crippen molar-refractivity contribution in [3.63, 3.8) is 0 Å². The van der Waals surface area contributed by atoms with Crippen molar-refractivity contribution in [3.05, 3.63) is 0 Å². The Labute approximate surface area is 301 Å². The Kier molecular flexibility index (Phi) is 33.0. The molecule has 0 aromatic heterocycles. The summed E-state index contributed by atoms with van der Waals surface area (Å²) >= 11 is 0. The quantitative estimate of drug-likeness (QED) is 0.0455. The minimum Gasteiger partial charge on any atom is -0.481 e. The second-order valence-electron chi connectivity index (χ2n) is 12.2. The highest BCUT2D eigenvalue weighted by Gasteiger charge is 2.20. The lowest BCUT2D eigenvalue weighted by Crippen LogP contribution is -2.41. The number of carbonyl (C=O) groups excluding carboxylic acids is 4. The molecule has 0 aliphatic carbocycles. The highest BCUT2D eigenvalue weighted by molar-refractivity contribution is 5.84. The monoisotopic (exact) mass is 735 g/mol. The van der Waals surface area contributed by atoms with E-state index in [1.165, 1.54) is 44.9 Å². The number of halogens is 1. The van der Waals surface area contributed by atoms with Gasteiger partial charge in [0.05, 0.1) is 39.6 Å². The highest BCUT2D eigenvalue weighted by Crippen LogP contribution is 2.14. The summed E-state index contributed by atoms with van der Waals surface area (Å²) < 4.78 is 32.3. The lowest BCUT2D eigenvalue weighted by atomic mass is 10.0. The zero-order valence-electron chi connectivity index (χ0n) is 30.2. The van der Waals surface area contributed by atoms with Crippen LogP contribution in [0.5, 0.6) is 0 Å². The van der Waals surface area contributed by atoms with Crippen molar-refractivity contribution in [2.24, 2.45) is 0 Å². The summed E-state index contributed by atoms with van der Waals surface area (Å²) in [5.74, 6) is -2.94. The Morgan fingerprint density at radius 1 is 0.490 bits per heavy atom. The number of rotatable bonds is 38. The fourth-order valence-electron chi connectivity index (χ4n) is 4.90. The third kappa shape index (κ3) is 36.4. The molecule has 5 N–H and O–H groups in total. The average molecular weight is 736 g/mol. The molecule has 0 bridgehead atoms. The van der Waals surface area contributed by atoms with Gasteiger partial charge in [-0.25, -0.2) is 4.79 Å². The molecule has 1 atom stereocenters. The molecule has 0 rings (SSSR count). The fraction of sp³-hybridized carbons (Fsp3) is 0.829. The molecule has 0 aliphatic heterocycles. The van der Waals surface area contributed by atoms with Gasteiger partial charge in [0.1, 0.15) is 19.3 Å². The summed E-state index contributed by atoms with van der Waals surface area (Å²) in [5, 5.41) is 25.8. The van der Waals surface area contributed by atoms with E-state index in [-0.39, 0.29) is 103 Å². The van der Waals surface area contributed by atoms with Gasteiger partial charge >= 0.3 is 18.0 Å². The summed E-state index contributed by atoms with van der Waals surface area (Å²) in [6, 6.07) is -2.69. The van der Waals surface area contributed by atoms with Crippen LogP contribution in [0.1, 0.15) is 116 Å². The number of aliphatic carboxylic acids is 2. The van der Waals surface area contributed by atoms with Crippen molar-refractivity contribution in [2.45, 2.75) is 122 Å². The van der Waals surface area contributed by atoms with Crippen LogP contribution in [0.25, 0.3) is 0 Å². The molecule has 0 aromatic rings. The minimum absolute atomic E-state index is 0.0281. The maximum atomic E-state index is 12.3. The molecule has 0 fully saturated rings. The first-order valence-corrected chi connectivity index (χ1v) is 18.4. The molecule has 0 unspecified atom stereocenters. The van der Waals surface area contributed by atoms with Gasteiger partial charge in [-0.05, 0) is 19.3 Å². The standard InChI is InChI=1S/C35H62FN3O12/c36-30(40)27-50-25-23-49-22-20-38-33(43)28-51-26-24-48-21-19-37-31(41)18-17-29(35(46)47)39-32(42)15-13-11-9-7-5-3-1-2-4-6-8-10-12-14-16-34(44)45/h29H,1-28H2,(H,37,41)(H,38,43)(H,39,42)(H,44,45)(H,46,47)/t29-/m0/s1. The summed E-state index contributed by atoms with van der Waals surface area (Å²) in [6.45, 7) is 0.649. The van der Waals surface area contributed by atoms with Gasteiger partial charge in [0.25, 0.3) is 0 Å². The van der Waals surface area contributed by atoms with Gasteiger partial charge in [-0.15, -0.1) is 0 Å². The maximum Gasteiger partial charge on any atom is 0.326 e. The van der Waals surface area contributed by atoms with Gasteiger partial charge in [-0.3, -0.25) is 24.0 Å². The van der Waals surface area contributed by atoms with Crippen molar-refractivity contribution >= 4 is 35.7 Å². The van der Waals surface area contributed by atoms with E-state index in [2.05, 4.69) is 20.7 Å². The van der Waals surface area contributed by atoms with Gasteiger partial charge in [-0.2, -0.15) is 4.39 Å². The normalized spacial score (nSPS) is 11.5. The number of hydrogen-bond donors (Lipinski definition) is 5. The smallest absolute Gasteiger partial charge is 0.326 e. The number of unbranched alkanes of at least 4 members (excludes halogenated alkanes) is 13. The zero-order valence-corrected chi connectivity index (χ0v) is 30.2. The van der Waals surface area contributed by atoms with E-state index in [0.717, 1.165) is 38.5 Å². The number of ether oxygens (including phenoxy) is 4. The first kappa shape index (κ1) is 47.8. The van der Waals surface area contributed by atoms with Gasteiger partial charge < -0.3 is 45.1 Å². The molecule has 51 heavy (non-hydrogen) atoms. The largest absolute Gasteiger partial charge is 0.481 e. The Hall–Kier alpha value is -3.21. The van der Waals surface area contributed by atoms with Crippen molar-refractivity contribution in [1.29, 1.82) is 0 Å². The van der Waals surface area contributed by atoms with E-state index in [9.17, 15) is 38.3 Å². The highest BCUT2D eigenvalue weighted by atomic mass is 19.1. The first-order chi connectivity index (χ1) is 24.6. The Morgan fingerprint density at radius 3 is 1.39 bits per heavy atom. The van der Waals surface area contributed by atoms with E-state index in [1.807, 2.05) is 0 Å². The molecule has 0 aliphatic rings. The molecule has 0 spiro atoms. The molecule has 0 saturated heterocycles. The van der Waals surface area contributed by atoms with Crippen LogP contribution in [0.3, 0.4) is 0 Å². The van der Waals surface area contributed by atoms with Crippen molar-refractivity contribution in [1.82, 2.24) is 16.0 Å². The number of carbonyl (C=O) groups is 6. The number of nitrogens with one attached hydrogen (secondary N) is 3. The predicted octanol–water partition coefficient (Wildman–Crippen LogP) is 3.46. The molecule has 15 nitrogen and oxygen atoms in total. The summed E-state index contributed by atoms with van der Waals surface area (Å²) in [6.07, 6.45) is 15.5. The summed E-state index contributed by atoms with van der Waals surface area (Å²) in [4.78, 5) is 68.2. The molecule has 3 amide bonds. The van der Waals surface area contributed by atoms with Crippen LogP contribution in [0.4, 0.5) is 4.39 Å². The molecule has 296 valence electrons. The van der Waals surface area contributed by atoms with Crippen LogP contribution in [0, 0.1) is 0 Å². The second-order valence-corrected chi connectivity index (χ2v) is 12.2. The van der Waals surface area contributed by atoms with E-state index < -0.39 is 30.6 Å². The number of hydrogen-bond acceptors (Lipinski definition) is 10.